The molecule has 25 heavy (non-hydrogen) atoms. The normalized spacial score (nSPS) is 18.8. The largest absolute Gasteiger partial charge is 0.312 e. The molecule has 0 aliphatic carbocycles. The number of hydrogen-bond donors (Lipinski definition) is 0. The Morgan fingerprint density at radius 2 is 2.12 bits per heavy atom. The van der Waals surface area contributed by atoms with Crippen LogP contribution in [0.5, 0.6) is 0 Å². The van der Waals surface area contributed by atoms with Crippen LogP contribution in [-0.4, -0.2) is 27.8 Å². The van der Waals surface area contributed by atoms with Crippen LogP contribution in [0.25, 0.3) is 0 Å². The number of rotatable bonds is 2. The van der Waals surface area contributed by atoms with Crippen LogP contribution in [0.3, 0.4) is 0 Å². The number of para-hydroxylation sites is 1. The van der Waals surface area contributed by atoms with Gasteiger partial charge in [-0.3, -0.25) is 14.2 Å². The molecule has 2 aliphatic rings. The van der Waals surface area contributed by atoms with Crippen molar-refractivity contribution in [3.05, 3.63) is 51.4 Å². The first-order chi connectivity index (χ1) is 12.1. The van der Waals surface area contributed by atoms with Crippen molar-refractivity contribution in [1.29, 1.82) is 0 Å². The van der Waals surface area contributed by atoms with Crippen molar-refractivity contribution < 1.29 is 4.79 Å². The maximum Gasteiger partial charge on any atom is 0.257 e. The Balaban J connectivity index is 1.61. The highest BCUT2D eigenvalue weighted by atomic mass is 32.2. The molecule has 1 unspecified atom stereocenters. The second-order valence-corrected chi connectivity index (χ2v) is 7.71. The number of aromatic nitrogens is 2. The third-order valence-corrected chi connectivity index (χ3v) is 6.24. The Hall–Kier alpha value is -2.08. The van der Waals surface area contributed by atoms with Gasteiger partial charge in [0.1, 0.15) is 0 Å². The number of anilines is 1. The van der Waals surface area contributed by atoms with E-state index in [9.17, 15) is 9.59 Å². The zero-order valence-corrected chi connectivity index (χ0v) is 15.3. The number of benzene rings is 1. The van der Waals surface area contributed by atoms with E-state index in [2.05, 4.69) is 11.1 Å². The number of amides is 1. The smallest absolute Gasteiger partial charge is 0.257 e. The summed E-state index contributed by atoms with van der Waals surface area (Å²) in [6.07, 6.45) is 2.35. The van der Waals surface area contributed by atoms with Gasteiger partial charge in [0.2, 0.25) is 5.91 Å². The zero-order valence-electron chi connectivity index (χ0n) is 14.5. The van der Waals surface area contributed by atoms with Gasteiger partial charge < -0.3 is 4.90 Å². The van der Waals surface area contributed by atoms with Crippen LogP contribution in [0.4, 0.5) is 5.69 Å². The van der Waals surface area contributed by atoms with E-state index in [1.807, 2.05) is 30.0 Å². The molecule has 130 valence electrons. The maximum absolute atomic E-state index is 13.0. The van der Waals surface area contributed by atoms with Crippen LogP contribution in [0.2, 0.25) is 0 Å². The van der Waals surface area contributed by atoms with Gasteiger partial charge in [0.05, 0.1) is 6.04 Å². The highest BCUT2D eigenvalue weighted by Crippen LogP contribution is 2.34. The van der Waals surface area contributed by atoms with E-state index in [1.54, 1.807) is 23.3 Å². The monoisotopic (exact) mass is 355 g/mol. The lowest BCUT2D eigenvalue weighted by molar-refractivity contribution is -0.119. The van der Waals surface area contributed by atoms with Gasteiger partial charge in [0.25, 0.3) is 5.56 Å². The van der Waals surface area contributed by atoms with Crippen LogP contribution in [0, 0.1) is 13.8 Å². The molecule has 0 N–H and O–H groups in total. The Morgan fingerprint density at radius 3 is 2.96 bits per heavy atom. The molecule has 5 nitrogen and oxygen atoms in total. The van der Waals surface area contributed by atoms with Crippen LogP contribution < -0.4 is 10.5 Å². The quantitative estimate of drug-likeness (QED) is 0.778. The maximum atomic E-state index is 13.0. The van der Waals surface area contributed by atoms with Gasteiger partial charge >= 0.3 is 0 Å². The SMILES string of the molecule is Cc1nc2n(c(=O)c1C)C(CC(=O)N1CCCc3ccccc31)CS2. The summed E-state index contributed by atoms with van der Waals surface area (Å²) in [7, 11) is 0. The summed E-state index contributed by atoms with van der Waals surface area (Å²) < 4.78 is 1.72. The number of aryl methyl sites for hydroxylation is 2. The van der Waals surface area contributed by atoms with Crippen LogP contribution >= 0.6 is 11.8 Å². The number of carbonyl (C=O) groups is 1. The minimum absolute atomic E-state index is 0.00987. The Kier molecular flexibility index (Phi) is 4.15. The van der Waals surface area contributed by atoms with Crippen molar-refractivity contribution in [2.75, 3.05) is 17.2 Å². The van der Waals surface area contributed by atoms with E-state index in [0.717, 1.165) is 41.7 Å². The van der Waals surface area contributed by atoms with Crippen LogP contribution in [-0.2, 0) is 11.2 Å². The predicted octanol–water partition coefficient (Wildman–Crippen LogP) is 2.88. The second-order valence-electron chi connectivity index (χ2n) is 6.73. The zero-order chi connectivity index (χ0) is 17.6. The van der Waals surface area contributed by atoms with Gasteiger partial charge in [0, 0.05) is 35.7 Å². The summed E-state index contributed by atoms with van der Waals surface area (Å²) in [5.74, 6) is 0.822. The molecule has 1 aromatic heterocycles. The molecule has 0 fully saturated rings. The lowest BCUT2D eigenvalue weighted by atomic mass is 10.0. The summed E-state index contributed by atoms with van der Waals surface area (Å²) in [6, 6.07) is 8.00. The van der Waals surface area contributed by atoms with Crippen molar-refractivity contribution in [2.24, 2.45) is 0 Å². The molecule has 0 saturated heterocycles. The first kappa shape index (κ1) is 16.4. The summed E-state index contributed by atoms with van der Waals surface area (Å²) in [5, 5.41) is 0.741. The van der Waals surface area contributed by atoms with Crippen LogP contribution in [0.15, 0.2) is 34.2 Å². The predicted molar refractivity (Wildman–Crippen MR) is 99.5 cm³/mol. The fourth-order valence-electron chi connectivity index (χ4n) is 3.63. The van der Waals surface area contributed by atoms with E-state index >= 15 is 0 Å². The molecule has 0 spiro atoms. The van der Waals surface area contributed by atoms with Crippen molar-refractivity contribution in [3.63, 3.8) is 0 Å². The standard InChI is InChI=1S/C19H21N3O2S/c1-12-13(2)20-19-22(18(12)24)15(11-25-19)10-17(23)21-9-5-7-14-6-3-4-8-16(14)21/h3-4,6,8,15H,5,7,9-11H2,1-2H3. The van der Waals surface area contributed by atoms with E-state index in [0.29, 0.717) is 12.0 Å². The Bertz CT molecular complexity index is 906. The van der Waals surface area contributed by atoms with E-state index in [1.165, 1.54) is 5.56 Å². The van der Waals surface area contributed by atoms with E-state index in [4.69, 9.17) is 0 Å². The molecule has 0 bridgehead atoms. The van der Waals surface area contributed by atoms with E-state index < -0.39 is 0 Å². The first-order valence-corrected chi connectivity index (χ1v) is 9.65. The summed E-state index contributed by atoms with van der Waals surface area (Å²) in [5.41, 5.74) is 3.70. The van der Waals surface area contributed by atoms with Gasteiger partial charge in [0.15, 0.2) is 5.16 Å². The molecular formula is C19H21N3O2S. The average molecular weight is 355 g/mol. The van der Waals surface area contributed by atoms with Crippen molar-refractivity contribution in [1.82, 2.24) is 9.55 Å². The van der Waals surface area contributed by atoms with Gasteiger partial charge in [-0.05, 0) is 38.3 Å². The number of hydrogen-bond acceptors (Lipinski definition) is 4. The third kappa shape index (κ3) is 2.78. The molecule has 6 heteroatoms. The highest BCUT2D eigenvalue weighted by molar-refractivity contribution is 7.99. The van der Waals surface area contributed by atoms with E-state index in [-0.39, 0.29) is 17.5 Å². The van der Waals surface area contributed by atoms with Gasteiger partial charge in [-0.15, -0.1) is 0 Å². The van der Waals surface area contributed by atoms with Gasteiger partial charge in [-0.1, -0.05) is 30.0 Å². The molecule has 1 amide bonds. The lowest BCUT2D eigenvalue weighted by Crippen LogP contribution is -2.38. The molecule has 3 heterocycles. The molecular weight excluding hydrogens is 334 g/mol. The van der Waals surface area contributed by atoms with Crippen LogP contribution in [0.1, 0.15) is 35.7 Å². The number of fused-ring (bicyclic) bond motifs is 2. The topological polar surface area (TPSA) is 55.2 Å². The first-order valence-electron chi connectivity index (χ1n) is 8.67. The second kappa shape index (κ2) is 6.33. The van der Waals surface area contributed by atoms with Crippen molar-refractivity contribution in [3.8, 4) is 0 Å². The summed E-state index contributed by atoms with van der Waals surface area (Å²) >= 11 is 1.57. The summed E-state index contributed by atoms with van der Waals surface area (Å²) in [4.78, 5) is 32.0. The fourth-order valence-corrected chi connectivity index (χ4v) is 4.81. The molecule has 4 rings (SSSR count). The van der Waals surface area contributed by atoms with Crippen molar-refractivity contribution >= 4 is 23.4 Å². The lowest BCUT2D eigenvalue weighted by Gasteiger charge is -2.30. The Labute approximate surface area is 151 Å². The number of nitrogens with zero attached hydrogens (tertiary/aromatic N) is 3. The molecule has 1 atom stereocenters. The Morgan fingerprint density at radius 1 is 1.32 bits per heavy atom. The van der Waals surface area contributed by atoms with Gasteiger partial charge in [-0.2, -0.15) is 0 Å². The minimum Gasteiger partial charge on any atom is -0.312 e. The van der Waals surface area contributed by atoms with Crippen molar-refractivity contribution in [2.45, 2.75) is 44.3 Å². The molecule has 0 radical (unpaired) electrons. The highest BCUT2D eigenvalue weighted by Gasteiger charge is 2.31. The summed E-state index contributed by atoms with van der Waals surface area (Å²) in [6.45, 7) is 4.42. The minimum atomic E-state index is -0.110. The van der Waals surface area contributed by atoms with Gasteiger partial charge in [-0.25, -0.2) is 4.98 Å². The number of thioether (sulfide) groups is 1. The molecule has 1 aromatic carbocycles. The molecule has 2 aromatic rings. The average Bonchev–Trinajstić information content (AvgIpc) is 3.01. The third-order valence-electron chi connectivity index (χ3n) is 5.14. The molecule has 2 aliphatic heterocycles. The number of carbonyl (C=O) groups excluding carboxylic acids is 1. The fraction of sp³-hybridized carbons (Fsp3) is 0.421. The molecule has 0 saturated carbocycles.